The molecule has 0 atom stereocenters. The smallest absolute Gasteiger partial charge is 0.320 e. The van der Waals surface area contributed by atoms with E-state index in [4.69, 9.17) is 5.11 Å². The largest absolute Gasteiger partial charge is 0.480 e. The maximum absolute atomic E-state index is 11.5. The zero-order valence-corrected chi connectivity index (χ0v) is 12.6. The topological polar surface area (TPSA) is 86.7 Å². The van der Waals surface area contributed by atoms with E-state index in [9.17, 15) is 13.2 Å². The summed E-state index contributed by atoms with van der Waals surface area (Å²) in [7, 11) is -3.84. The SMILES string of the molecule is O=C(O)CS(=O)(=O)Nc1ccc(N2CCCCCC2)cc1. The fraction of sp³-hybridized carbons (Fsp3) is 0.500. The highest BCUT2D eigenvalue weighted by molar-refractivity contribution is 7.93. The molecule has 2 rings (SSSR count). The molecule has 0 saturated carbocycles. The van der Waals surface area contributed by atoms with Crippen LogP contribution in [0, 0.1) is 0 Å². The quantitative estimate of drug-likeness (QED) is 0.867. The molecule has 2 N–H and O–H groups in total. The molecule has 0 radical (unpaired) electrons. The van der Waals surface area contributed by atoms with Crippen molar-refractivity contribution in [1.29, 1.82) is 0 Å². The number of hydrogen-bond acceptors (Lipinski definition) is 4. The van der Waals surface area contributed by atoms with E-state index in [1.165, 1.54) is 25.7 Å². The van der Waals surface area contributed by atoms with Crippen LogP contribution in [-0.2, 0) is 14.8 Å². The number of carboxylic acid groups (broad SMARTS) is 1. The summed E-state index contributed by atoms with van der Waals surface area (Å²) in [5.41, 5.74) is 1.45. The number of aliphatic carboxylic acids is 1. The Bertz CT molecular complexity index is 575. The summed E-state index contributed by atoms with van der Waals surface area (Å²) >= 11 is 0. The van der Waals surface area contributed by atoms with Crippen molar-refractivity contribution in [2.75, 3.05) is 28.5 Å². The van der Waals surface area contributed by atoms with E-state index < -0.39 is 21.7 Å². The monoisotopic (exact) mass is 312 g/mol. The van der Waals surface area contributed by atoms with Gasteiger partial charge in [-0.2, -0.15) is 0 Å². The van der Waals surface area contributed by atoms with Gasteiger partial charge in [-0.1, -0.05) is 12.8 Å². The van der Waals surface area contributed by atoms with Gasteiger partial charge in [-0.25, -0.2) is 8.42 Å². The van der Waals surface area contributed by atoms with Crippen LogP contribution in [0.5, 0.6) is 0 Å². The highest BCUT2D eigenvalue weighted by Crippen LogP contribution is 2.22. The van der Waals surface area contributed by atoms with Gasteiger partial charge in [0.25, 0.3) is 0 Å². The fourth-order valence-electron chi connectivity index (χ4n) is 2.45. The third-order valence-electron chi connectivity index (χ3n) is 3.43. The Balaban J connectivity index is 2.03. The first-order valence-corrected chi connectivity index (χ1v) is 8.69. The normalized spacial score (nSPS) is 16.3. The summed E-state index contributed by atoms with van der Waals surface area (Å²) in [5.74, 6) is -2.30. The van der Waals surface area contributed by atoms with Crippen molar-refractivity contribution in [3.8, 4) is 0 Å². The first-order valence-electron chi connectivity index (χ1n) is 7.03. The molecule has 0 spiro atoms. The molecule has 6 nitrogen and oxygen atoms in total. The van der Waals surface area contributed by atoms with E-state index in [1.807, 2.05) is 12.1 Å². The van der Waals surface area contributed by atoms with E-state index in [0.29, 0.717) is 5.69 Å². The molecule has 1 aromatic rings. The van der Waals surface area contributed by atoms with Crippen LogP contribution < -0.4 is 9.62 Å². The summed E-state index contributed by atoms with van der Waals surface area (Å²) < 4.78 is 25.3. The minimum atomic E-state index is -3.84. The molecule has 1 fully saturated rings. The van der Waals surface area contributed by atoms with Crippen LogP contribution in [-0.4, -0.2) is 38.3 Å². The van der Waals surface area contributed by atoms with E-state index in [2.05, 4.69) is 9.62 Å². The van der Waals surface area contributed by atoms with Crippen molar-refractivity contribution >= 4 is 27.4 Å². The minimum Gasteiger partial charge on any atom is -0.480 e. The van der Waals surface area contributed by atoms with E-state index in [0.717, 1.165) is 18.8 Å². The predicted octanol–water partition coefficient (Wildman–Crippen LogP) is 1.89. The van der Waals surface area contributed by atoms with Gasteiger partial charge in [0.15, 0.2) is 5.75 Å². The predicted molar refractivity (Wildman–Crippen MR) is 82.2 cm³/mol. The molecule has 116 valence electrons. The summed E-state index contributed by atoms with van der Waals surface area (Å²) in [6.07, 6.45) is 4.85. The van der Waals surface area contributed by atoms with Gasteiger partial charge in [0, 0.05) is 24.5 Å². The van der Waals surface area contributed by atoms with E-state index in [-0.39, 0.29) is 0 Å². The number of carboxylic acids is 1. The molecule has 0 unspecified atom stereocenters. The average Bonchev–Trinajstić information content (AvgIpc) is 2.66. The molecular weight excluding hydrogens is 292 g/mol. The molecule has 21 heavy (non-hydrogen) atoms. The number of nitrogens with zero attached hydrogens (tertiary/aromatic N) is 1. The van der Waals surface area contributed by atoms with Crippen LogP contribution >= 0.6 is 0 Å². The molecule has 1 saturated heterocycles. The Morgan fingerprint density at radius 3 is 2.19 bits per heavy atom. The summed E-state index contributed by atoms with van der Waals surface area (Å²) in [4.78, 5) is 12.8. The number of nitrogens with one attached hydrogen (secondary N) is 1. The zero-order valence-electron chi connectivity index (χ0n) is 11.8. The summed E-state index contributed by atoms with van der Waals surface area (Å²) in [6.45, 7) is 2.04. The maximum atomic E-state index is 11.5. The van der Waals surface area contributed by atoms with Gasteiger partial charge in [-0.05, 0) is 37.1 Å². The van der Waals surface area contributed by atoms with Gasteiger partial charge in [-0.3, -0.25) is 9.52 Å². The van der Waals surface area contributed by atoms with E-state index in [1.54, 1.807) is 12.1 Å². The average molecular weight is 312 g/mol. The Kier molecular flexibility index (Phi) is 5.06. The molecule has 0 bridgehead atoms. The van der Waals surface area contributed by atoms with Crippen molar-refractivity contribution in [1.82, 2.24) is 0 Å². The summed E-state index contributed by atoms with van der Waals surface area (Å²) in [6, 6.07) is 7.06. The second-order valence-electron chi connectivity index (χ2n) is 5.20. The minimum absolute atomic E-state index is 0.384. The van der Waals surface area contributed by atoms with Gasteiger partial charge in [0.05, 0.1) is 0 Å². The van der Waals surface area contributed by atoms with Crippen LogP contribution in [0.25, 0.3) is 0 Å². The third-order valence-corrected chi connectivity index (χ3v) is 4.60. The molecule has 1 aromatic carbocycles. The number of carbonyl (C=O) groups is 1. The molecule has 1 aliphatic rings. The van der Waals surface area contributed by atoms with Crippen molar-refractivity contribution in [2.24, 2.45) is 0 Å². The lowest BCUT2D eigenvalue weighted by Crippen LogP contribution is -2.24. The molecular formula is C14H20N2O4S. The third kappa shape index (κ3) is 4.93. The Hall–Kier alpha value is -1.76. The number of sulfonamides is 1. The summed E-state index contributed by atoms with van der Waals surface area (Å²) in [5, 5.41) is 8.54. The lowest BCUT2D eigenvalue weighted by atomic mass is 10.2. The van der Waals surface area contributed by atoms with Gasteiger partial charge in [-0.15, -0.1) is 0 Å². The zero-order chi connectivity index (χ0) is 15.3. The van der Waals surface area contributed by atoms with Crippen LogP contribution in [0.1, 0.15) is 25.7 Å². The van der Waals surface area contributed by atoms with Gasteiger partial charge >= 0.3 is 5.97 Å². The molecule has 0 aliphatic carbocycles. The van der Waals surface area contributed by atoms with Crippen LogP contribution in [0.2, 0.25) is 0 Å². The lowest BCUT2D eigenvalue weighted by molar-refractivity contribution is -0.134. The van der Waals surface area contributed by atoms with Crippen molar-refractivity contribution < 1.29 is 18.3 Å². The Morgan fingerprint density at radius 1 is 1.10 bits per heavy atom. The number of benzene rings is 1. The Morgan fingerprint density at radius 2 is 1.67 bits per heavy atom. The standard InChI is InChI=1S/C14H20N2O4S/c17-14(18)11-21(19,20)15-12-5-7-13(8-6-12)16-9-3-1-2-4-10-16/h5-8,15H,1-4,9-11H2,(H,17,18). The van der Waals surface area contributed by atoms with Crippen LogP contribution in [0.4, 0.5) is 11.4 Å². The molecule has 7 heteroatoms. The number of rotatable bonds is 5. The maximum Gasteiger partial charge on any atom is 0.320 e. The first-order chi connectivity index (χ1) is 9.96. The first kappa shape index (κ1) is 15.6. The van der Waals surface area contributed by atoms with E-state index >= 15 is 0 Å². The molecule has 1 aliphatic heterocycles. The number of hydrogen-bond donors (Lipinski definition) is 2. The highest BCUT2D eigenvalue weighted by Gasteiger charge is 2.16. The number of anilines is 2. The second kappa shape index (κ2) is 6.80. The van der Waals surface area contributed by atoms with Crippen molar-refractivity contribution in [3.05, 3.63) is 24.3 Å². The highest BCUT2D eigenvalue weighted by atomic mass is 32.2. The lowest BCUT2D eigenvalue weighted by Gasteiger charge is -2.22. The van der Waals surface area contributed by atoms with Crippen LogP contribution in [0.3, 0.4) is 0 Å². The van der Waals surface area contributed by atoms with Gasteiger partial charge < -0.3 is 10.0 Å². The molecule has 1 heterocycles. The Labute approximate surface area is 124 Å². The van der Waals surface area contributed by atoms with Gasteiger partial charge in [0.2, 0.25) is 10.0 Å². The fourth-order valence-corrected chi connectivity index (χ4v) is 3.34. The van der Waals surface area contributed by atoms with Crippen molar-refractivity contribution in [2.45, 2.75) is 25.7 Å². The molecule has 0 aromatic heterocycles. The second-order valence-corrected chi connectivity index (χ2v) is 6.93. The van der Waals surface area contributed by atoms with Crippen molar-refractivity contribution in [3.63, 3.8) is 0 Å². The molecule has 0 amide bonds. The van der Waals surface area contributed by atoms with Gasteiger partial charge in [0.1, 0.15) is 0 Å². The van der Waals surface area contributed by atoms with Crippen LogP contribution in [0.15, 0.2) is 24.3 Å².